The Labute approximate surface area is 112 Å². The van der Waals surface area contributed by atoms with Crippen LogP contribution in [0.25, 0.3) is 0 Å². The zero-order chi connectivity index (χ0) is 14.8. The molecular weight excluding hydrogens is 277 g/mol. The molecule has 0 radical (unpaired) electrons. The molecular formula is C12H13F3N2O3. The minimum atomic E-state index is -4.24. The van der Waals surface area contributed by atoms with Gasteiger partial charge in [-0.3, -0.25) is 10.1 Å². The predicted molar refractivity (Wildman–Crippen MR) is 64.6 cm³/mol. The van der Waals surface area contributed by atoms with Crippen molar-refractivity contribution in [3.8, 4) is 5.75 Å². The summed E-state index contributed by atoms with van der Waals surface area (Å²) in [4.78, 5) is 9.90. The standard InChI is InChI=1S/C12H13F3N2O3/c13-12(14,15)11(5-6-11)16-7-8-20-10-3-1-9(2-4-10)17(18)19/h1-4,16H,5-8H2. The monoisotopic (exact) mass is 290 g/mol. The van der Waals surface area contributed by atoms with E-state index in [2.05, 4.69) is 5.32 Å². The molecule has 2 rings (SSSR count). The third-order valence-electron chi connectivity index (χ3n) is 3.17. The van der Waals surface area contributed by atoms with E-state index in [-0.39, 0.29) is 31.7 Å². The molecule has 20 heavy (non-hydrogen) atoms. The molecule has 1 N–H and O–H groups in total. The zero-order valence-corrected chi connectivity index (χ0v) is 10.4. The van der Waals surface area contributed by atoms with Gasteiger partial charge >= 0.3 is 6.18 Å². The van der Waals surface area contributed by atoms with Gasteiger partial charge in [0.1, 0.15) is 17.9 Å². The maximum absolute atomic E-state index is 12.6. The van der Waals surface area contributed by atoms with Crippen molar-refractivity contribution < 1.29 is 22.8 Å². The number of nitrogens with one attached hydrogen (secondary N) is 1. The lowest BCUT2D eigenvalue weighted by molar-refractivity contribution is -0.384. The van der Waals surface area contributed by atoms with Gasteiger partial charge < -0.3 is 10.1 Å². The molecule has 1 aromatic rings. The molecule has 0 unspecified atom stereocenters. The number of benzene rings is 1. The Balaban J connectivity index is 1.75. The van der Waals surface area contributed by atoms with Crippen molar-refractivity contribution in [2.45, 2.75) is 24.6 Å². The highest BCUT2D eigenvalue weighted by Crippen LogP contribution is 2.48. The number of hydrogen-bond acceptors (Lipinski definition) is 4. The number of halogens is 3. The molecule has 0 spiro atoms. The topological polar surface area (TPSA) is 64.4 Å². The first-order valence-corrected chi connectivity index (χ1v) is 6.03. The molecule has 1 aliphatic rings. The van der Waals surface area contributed by atoms with Crippen molar-refractivity contribution in [1.29, 1.82) is 0 Å². The summed E-state index contributed by atoms with van der Waals surface area (Å²) in [5.74, 6) is 0.384. The van der Waals surface area contributed by atoms with Crippen LogP contribution in [0, 0.1) is 10.1 Å². The highest BCUT2D eigenvalue weighted by molar-refractivity contribution is 5.35. The van der Waals surface area contributed by atoms with E-state index >= 15 is 0 Å². The molecule has 0 saturated heterocycles. The van der Waals surface area contributed by atoms with Crippen LogP contribution < -0.4 is 10.1 Å². The molecule has 0 heterocycles. The van der Waals surface area contributed by atoms with Gasteiger partial charge in [0.05, 0.1) is 4.92 Å². The fourth-order valence-corrected chi connectivity index (χ4v) is 1.81. The zero-order valence-electron chi connectivity index (χ0n) is 10.4. The van der Waals surface area contributed by atoms with Gasteiger partial charge in [-0.1, -0.05) is 0 Å². The summed E-state index contributed by atoms with van der Waals surface area (Å²) < 4.78 is 43.0. The first-order chi connectivity index (χ1) is 9.34. The second-order valence-electron chi connectivity index (χ2n) is 4.61. The van der Waals surface area contributed by atoms with Crippen molar-refractivity contribution in [1.82, 2.24) is 5.32 Å². The van der Waals surface area contributed by atoms with Gasteiger partial charge in [0.15, 0.2) is 0 Å². The van der Waals surface area contributed by atoms with Crippen LogP contribution in [0.3, 0.4) is 0 Å². The molecule has 0 bridgehead atoms. The number of nitro groups is 1. The van der Waals surface area contributed by atoms with Crippen molar-refractivity contribution in [2.24, 2.45) is 0 Å². The largest absolute Gasteiger partial charge is 0.492 e. The summed E-state index contributed by atoms with van der Waals surface area (Å²) in [6.07, 6.45) is -4.05. The van der Waals surface area contributed by atoms with Crippen LogP contribution in [0.2, 0.25) is 0 Å². The number of rotatable bonds is 6. The third-order valence-corrected chi connectivity index (χ3v) is 3.17. The molecule has 1 aromatic carbocycles. The summed E-state index contributed by atoms with van der Waals surface area (Å²) in [5, 5.41) is 12.9. The fraction of sp³-hybridized carbons (Fsp3) is 0.500. The summed E-state index contributed by atoms with van der Waals surface area (Å²) in [7, 11) is 0. The highest BCUT2D eigenvalue weighted by Gasteiger charge is 2.62. The summed E-state index contributed by atoms with van der Waals surface area (Å²) in [5.41, 5.74) is -1.81. The first-order valence-electron chi connectivity index (χ1n) is 6.03. The molecule has 8 heteroatoms. The van der Waals surface area contributed by atoms with E-state index in [0.29, 0.717) is 5.75 Å². The van der Waals surface area contributed by atoms with Gasteiger partial charge in [0.25, 0.3) is 5.69 Å². The van der Waals surface area contributed by atoms with Crippen molar-refractivity contribution >= 4 is 5.69 Å². The minimum Gasteiger partial charge on any atom is -0.492 e. The molecule has 1 aliphatic carbocycles. The SMILES string of the molecule is O=[N+]([O-])c1ccc(OCCNC2(C(F)(F)F)CC2)cc1. The average Bonchev–Trinajstić information content (AvgIpc) is 3.16. The number of ether oxygens (including phenoxy) is 1. The molecule has 5 nitrogen and oxygen atoms in total. The van der Waals surface area contributed by atoms with Gasteiger partial charge in [-0.25, -0.2) is 0 Å². The van der Waals surface area contributed by atoms with E-state index in [1.165, 1.54) is 24.3 Å². The van der Waals surface area contributed by atoms with Crippen molar-refractivity contribution in [2.75, 3.05) is 13.2 Å². The maximum Gasteiger partial charge on any atom is 0.406 e. The van der Waals surface area contributed by atoms with Crippen LogP contribution in [0.15, 0.2) is 24.3 Å². The number of non-ortho nitro benzene ring substituents is 1. The van der Waals surface area contributed by atoms with E-state index in [1.54, 1.807) is 0 Å². The summed E-state index contributed by atoms with van der Waals surface area (Å²) >= 11 is 0. The van der Waals surface area contributed by atoms with Gasteiger partial charge in [-0.15, -0.1) is 0 Å². The van der Waals surface area contributed by atoms with Crippen molar-refractivity contribution in [3.05, 3.63) is 34.4 Å². The van der Waals surface area contributed by atoms with Crippen molar-refractivity contribution in [3.63, 3.8) is 0 Å². The van der Waals surface area contributed by atoms with Crippen LogP contribution in [-0.4, -0.2) is 29.8 Å². The molecule has 110 valence electrons. The lowest BCUT2D eigenvalue weighted by atomic mass is 10.2. The Morgan fingerprint density at radius 2 is 1.90 bits per heavy atom. The average molecular weight is 290 g/mol. The Hall–Kier alpha value is -1.83. The fourth-order valence-electron chi connectivity index (χ4n) is 1.81. The molecule has 1 saturated carbocycles. The lowest BCUT2D eigenvalue weighted by Crippen LogP contribution is -2.46. The number of nitro benzene ring substituents is 1. The quantitative estimate of drug-likeness (QED) is 0.497. The number of alkyl halides is 3. The Bertz CT molecular complexity index is 484. The van der Waals surface area contributed by atoms with Crippen LogP contribution in [0.4, 0.5) is 18.9 Å². The maximum atomic E-state index is 12.6. The number of hydrogen-bond donors (Lipinski definition) is 1. The van der Waals surface area contributed by atoms with Crippen LogP contribution in [0.1, 0.15) is 12.8 Å². The van der Waals surface area contributed by atoms with Crippen LogP contribution in [-0.2, 0) is 0 Å². The molecule has 0 amide bonds. The smallest absolute Gasteiger partial charge is 0.406 e. The van der Waals surface area contributed by atoms with Gasteiger partial charge in [0, 0.05) is 18.7 Å². The Kier molecular flexibility index (Phi) is 3.85. The molecule has 0 atom stereocenters. The van der Waals surface area contributed by atoms with E-state index < -0.39 is 16.6 Å². The van der Waals surface area contributed by atoms with Crippen LogP contribution >= 0.6 is 0 Å². The number of nitrogens with zero attached hydrogens (tertiary/aromatic N) is 1. The molecule has 1 fully saturated rings. The van der Waals surface area contributed by atoms with Crippen LogP contribution in [0.5, 0.6) is 5.75 Å². The second kappa shape index (κ2) is 5.28. The Morgan fingerprint density at radius 3 is 2.35 bits per heavy atom. The highest BCUT2D eigenvalue weighted by atomic mass is 19.4. The van der Waals surface area contributed by atoms with Gasteiger partial charge in [0.2, 0.25) is 0 Å². The van der Waals surface area contributed by atoms with Gasteiger partial charge in [-0.05, 0) is 25.0 Å². The predicted octanol–water partition coefficient (Wildman–Crippen LogP) is 2.66. The molecule has 0 aliphatic heterocycles. The van der Waals surface area contributed by atoms with E-state index in [4.69, 9.17) is 4.74 Å². The lowest BCUT2D eigenvalue weighted by Gasteiger charge is -2.20. The minimum absolute atomic E-state index is 0.0651. The third kappa shape index (κ3) is 3.19. The molecule has 0 aromatic heterocycles. The van der Waals surface area contributed by atoms with Gasteiger partial charge in [-0.2, -0.15) is 13.2 Å². The second-order valence-corrected chi connectivity index (χ2v) is 4.61. The van der Waals surface area contributed by atoms with E-state index in [0.717, 1.165) is 0 Å². The van der Waals surface area contributed by atoms with E-state index in [1.807, 2.05) is 0 Å². The van der Waals surface area contributed by atoms with E-state index in [9.17, 15) is 23.3 Å². The first kappa shape index (κ1) is 14.6. The Morgan fingerprint density at radius 1 is 1.30 bits per heavy atom. The summed E-state index contributed by atoms with van der Waals surface area (Å²) in [6, 6.07) is 5.38. The summed E-state index contributed by atoms with van der Waals surface area (Å²) in [6.45, 7) is 0.131. The normalized spacial score (nSPS) is 16.8.